The van der Waals surface area contributed by atoms with E-state index in [4.69, 9.17) is 14.3 Å². The fraction of sp³-hybridized carbons (Fsp3) is 0.941. The van der Waals surface area contributed by atoms with Crippen LogP contribution in [0, 0.1) is 11.3 Å². The third-order valence-corrected chi connectivity index (χ3v) is 6.84. The number of rotatable bonds is 11. The van der Waals surface area contributed by atoms with Gasteiger partial charge in [-0.3, -0.25) is 4.79 Å². The Morgan fingerprint density at radius 3 is 2.57 bits per heavy atom. The molecular weight excluding hydrogens is 316 g/mol. The number of ether oxygens (including phenoxy) is 1. The smallest absolute Gasteiger partial charge is 0.307 e. The molecule has 0 aromatic carbocycles. The van der Waals surface area contributed by atoms with Crippen molar-refractivity contribution in [3.8, 4) is 0 Å². The zero-order valence-electron chi connectivity index (χ0n) is 14.9. The molecule has 0 aromatic heterocycles. The average molecular weight is 349 g/mol. The molecule has 1 heterocycles. The molecule has 136 valence electrons. The predicted molar refractivity (Wildman–Crippen MR) is 91.6 cm³/mol. The molecule has 0 radical (unpaired) electrons. The van der Waals surface area contributed by atoms with Crippen molar-refractivity contribution < 1.29 is 24.2 Å². The fourth-order valence-electron chi connectivity index (χ4n) is 4.13. The van der Waals surface area contributed by atoms with Crippen LogP contribution in [0.3, 0.4) is 0 Å². The maximum Gasteiger partial charge on any atom is 0.307 e. The second-order valence-electron chi connectivity index (χ2n) is 6.58. The van der Waals surface area contributed by atoms with E-state index < -0.39 is 4.75 Å². The lowest BCUT2D eigenvalue weighted by molar-refractivity contribution is -0.433. The van der Waals surface area contributed by atoms with E-state index in [-0.39, 0.29) is 11.4 Å². The van der Waals surface area contributed by atoms with Crippen molar-refractivity contribution in [2.75, 3.05) is 6.61 Å². The second-order valence-corrected chi connectivity index (χ2v) is 7.62. The van der Waals surface area contributed by atoms with Gasteiger partial charge in [0.2, 0.25) is 0 Å². The first-order chi connectivity index (χ1) is 11.1. The molecule has 6 heteroatoms. The van der Waals surface area contributed by atoms with Gasteiger partial charge in [-0.05, 0) is 25.2 Å². The molecule has 23 heavy (non-hydrogen) atoms. The summed E-state index contributed by atoms with van der Waals surface area (Å²) in [6.45, 7) is 9.06. The quantitative estimate of drug-likeness (QED) is 0.241. The lowest BCUT2D eigenvalue weighted by Gasteiger charge is -2.54. The van der Waals surface area contributed by atoms with Gasteiger partial charge in [-0.2, -0.15) is 0 Å². The summed E-state index contributed by atoms with van der Waals surface area (Å²) in [5, 5.41) is 12.7. The van der Waals surface area contributed by atoms with Gasteiger partial charge in [0.15, 0.2) is 0 Å². The maximum absolute atomic E-state index is 12.1. The largest absolute Gasteiger partial charge is 0.465 e. The summed E-state index contributed by atoms with van der Waals surface area (Å²) < 4.78 is 10.0. The van der Waals surface area contributed by atoms with Crippen LogP contribution in [0.25, 0.3) is 0 Å². The molecule has 1 rings (SSSR count). The minimum atomic E-state index is -0.431. The molecule has 1 aliphatic rings. The fourth-order valence-corrected chi connectivity index (χ4v) is 5.36. The first-order valence-electron chi connectivity index (χ1n) is 8.87. The van der Waals surface area contributed by atoms with Gasteiger partial charge in [0.1, 0.15) is 0 Å². The summed E-state index contributed by atoms with van der Waals surface area (Å²) in [6, 6.07) is 0. The van der Waals surface area contributed by atoms with E-state index in [0.29, 0.717) is 18.9 Å². The summed E-state index contributed by atoms with van der Waals surface area (Å²) in [6.07, 6.45) is 7.38. The summed E-state index contributed by atoms with van der Waals surface area (Å²) >= 11 is 1.13. The van der Waals surface area contributed by atoms with Crippen molar-refractivity contribution in [3.05, 3.63) is 0 Å². The minimum Gasteiger partial charge on any atom is -0.465 e. The van der Waals surface area contributed by atoms with Gasteiger partial charge in [-0.25, -0.2) is 5.26 Å². The molecule has 3 unspecified atom stereocenters. The van der Waals surface area contributed by atoms with Crippen molar-refractivity contribution in [1.82, 2.24) is 0 Å². The molecule has 0 spiro atoms. The van der Waals surface area contributed by atoms with Gasteiger partial charge in [-0.15, -0.1) is 4.33 Å². The molecule has 0 aliphatic carbocycles. The Bertz CT molecular complexity index is 365. The normalized spacial score (nSPS) is 29.3. The van der Waals surface area contributed by atoms with Crippen LogP contribution in [-0.2, 0) is 18.9 Å². The SMILES string of the molecule is CCCCC1(CC)COC(=O)CC1(SOOO)C(CC)CCC. The highest BCUT2D eigenvalue weighted by Crippen LogP contribution is 2.58. The molecule has 1 N–H and O–H groups in total. The van der Waals surface area contributed by atoms with Crippen molar-refractivity contribution in [2.24, 2.45) is 11.3 Å². The van der Waals surface area contributed by atoms with E-state index >= 15 is 0 Å². The topological polar surface area (TPSA) is 65.0 Å². The molecule has 0 saturated carbocycles. The van der Waals surface area contributed by atoms with Crippen LogP contribution in [0.2, 0.25) is 0 Å². The standard InChI is InChI=1S/C17H32O5S/c1-5-9-11-16(8-4)13-20-15(18)12-17(16,23-22-21-19)14(7-3)10-6-2/h14,19H,5-13H2,1-4H3. The van der Waals surface area contributed by atoms with E-state index in [1.54, 1.807) is 0 Å². The molecule has 3 atom stereocenters. The van der Waals surface area contributed by atoms with Crippen LogP contribution in [0.5, 0.6) is 0 Å². The highest BCUT2D eigenvalue weighted by atomic mass is 32.2. The Kier molecular flexibility index (Phi) is 8.90. The molecular formula is C17H32O5S. The zero-order chi connectivity index (χ0) is 17.3. The van der Waals surface area contributed by atoms with Crippen LogP contribution in [0.4, 0.5) is 0 Å². The Labute approximate surface area is 144 Å². The molecule has 5 nitrogen and oxygen atoms in total. The van der Waals surface area contributed by atoms with Gasteiger partial charge in [-0.1, -0.05) is 58.4 Å². The molecule has 1 fully saturated rings. The molecule has 0 aromatic rings. The number of carbonyl (C=O) groups excluding carboxylic acids is 1. The Morgan fingerprint density at radius 1 is 1.30 bits per heavy atom. The Morgan fingerprint density at radius 2 is 2.04 bits per heavy atom. The van der Waals surface area contributed by atoms with Crippen molar-refractivity contribution in [1.29, 1.82) is 0 Å². The summed E-state index contributed by atoms with van der Waals surface area (Å²) in [5.74, 6) is 0.117. The number of hydrogen-bond acceptors (Lipinski definition) is 6. The number of esters is 1. The second kappa shape index (κ2) is 9.87. The van der Waals surface area contributed by atoms with Gasteiger partial charge < -0.3 is 4.74 Å². The third-order valence-electron chi connectivity index (χ3n) is 5.50. The molecule has 1 saturated heterocycles. The average Bonchev–Trinajstić information content (AvgIpc) is 2.57. The monoisotopic (exact) mass is 348 g/mol. The highest BCUT2D eigenvalue weighted by Gasteiger charge is 2.59. The summed E-state index contributed by atoms with van der Waals surface area (Å²) in [7, 11) is 0. The Balaban J connectivity index is 3.30. The molecule has 0 amide bonds. The lowest BCUT2D eigenvalue weighted by atomic mass is 9.61. The summed E-state index contributed by atoms with van der Waals surface area (Å²) in [5.41, 5.74) is -0.157. The van der Waals surface area contributed by atoms with Crippen molar-refractivity contribution in [3.63, 3.8) is 0 Å². The Hall–Kier alpha value is -0.300. The van der Waals surface area contributed by atoms with E-state index in [1.807, 2.05) is 0 Å². The van der Waals surface area contributed by atoms with Crippen molar-refractivity contribution >= 4 is 18.0 Å². The van der Waals surface area contributed by atoms with Crippen LogP contribution in [-0.4, -0.2) is 22.6 Å². The number of carbonyl (C=O) groups is 1. The van der Waals surface area contributed by atoms with Crippen molar-refractivity contribution in [2.45, 2.75) is 83.8 Å². The first kappa shape index (κ1) is 20.7. The van der Waals surface area contributed by atoms with Crippen LogP contribution < -0.4 is 0 Å². The zero-order valence-corrected chi connectivity index (χ0v) is 15.7. The maximum atomic E-state index is 12.1. The van der Waals surface area contributed by atoms with Gasteiger partial charge >= 0.3 is 5.97 Å². The van der Waals surface area contributed by atoms with Crippen LogP contribution in [0.1, 0.15) is 79.1 Å². The van der Waals surface area contributed by atoms with E-state index in [2.05, 4.69) is 32.7 Å². The third kappa shape index (κ3) is 4.41. The first-order valence-corrected chi connectivity index (χ1v) is 9.61. The predicted octanol–water partition coefficient (Wildman–Crippen LogP) is 5.15. The number of unbranched alkanes of at least 4 members (excludes halogenated alkanes) is 1. The summed E-state index contributed by atoms with van der Waals surface area (Å²) in [4.78, 5) is 12.1. The van der Waals surface area contributed by atoms with Gasteiger partial charge in [0.25, 0.3) is 0 Å². The van der Waals surface area contributed by atoms with Gasteiger partial charge in [0.05, 0.1) is 17.8 Å². The number of hydrogen-bond donors (Lipinski definition) is 1. The van der Waals surface area contributed by atoms with Crippen LogP contribution in [0.15, 0.2) is 0 Å². The van der Waals surface area contributed by atoms with E-state index in [9.17, 15) is 4.79 Å². The van der Waals surface area contributed by atoms with Gasteiger partial charge in [0, 0.05) is 17.5 Å². The van der Waals surface area contributed by atoms with E-state index in [1.165, 1.54) is 0 Å². The lowest BCUT2D eigenvalue weighted by Crippen LogP contribution is -2.58. The highest BCUT2D eigenvalue weighted by molar-refractivity contribution is 7.96. The van der Waals surface area contributed by atoms with E-state index in [0.717, 1.165) is 57.0 Å². The van der Waals surface area contributed by atoms with Crippen LogP contribution >= 0.6 is 12.0 Å². The number of cyclic esters (lactones) is 1. The minimum absolute atomic E-state index is 0.157. The molecule has 1 aliphatic heterocycles. The molecule has 0 bridgehead atoms.